The SMILES string of the molecule is COC(=C(C(=O)O)C(=O)c1ccc(F)cc1)C(C)C. The van der Waals surface area contributed by atoms with Crippen molar-refractivity contribution in [1.29, 1.82) is 0 Å². The van der Waals surface area contributed by atoms with Gasteiger partial charge >= 0.3 is 5.97 Å². The first-order valence-electron chi connectivity index (χ1n) is 5.70. The zero-order valence-corrected chi connectivity index (χ0v) is 10.9. The number of halogens is 1. The summed E-state index contributed by atoms with van der Waals surface area (Å²) in [6.07, 6.45) is 0. The van der Waals surface area contributed by atoms with Gasteiger partial charge in [-0.15, -0.1) is 0 Å². The minimum Gasteiger partial charge on any atom is -0.500 e. The number of methoxy groups -OCH3 is 1. The molecule has 0 aliphatic carbocycles. The van der Waals surface area contributed by atoms with Crippen LogP contribution in [0.15, 0.2) is 35.6 Å². The summed E-state index contributed by atoms with van der Waals surface area (Å²) in [5, 5.41) is 9.18. The van der Waals surface area contributed by atoms with Crippen LogP contribution in [0.4, 0.5) is 4.39 Å². The first kappa shape index (κ1) is 14.9. The maximum Gasteiger partial charge on any atom is 0.343 e. The van der Waals surface area contributed by atoms with E-state index in [4.69, 9.17) is 4.74 Å². The molecule has 0 fully saturated rings. The highest BCUT2D eigenvalue weighted by Crippen LogP contribution is 2.20. The number of ether oxygens (including phenoxy) is 1. The second-order valence-electron chi connectivity index (χ2n) is 4.24. The van der Waals surface area contributed by atoms with Crippen molar-refractivity contribution in [3.05, 3.63) is 47.0 Å². The molecular weight excluding hydrogens is 251 g/mol. The summed E-state index contributed by atoms with van der Waals surface area (Å²) in [6.45, 7) is 3.44. The summed E-state index contributed by atoms with van der Waals surface area (Å²) >= 11 is 0. The Morgan fingerprint density at radius 3 is 2.11 bits per heavy atom. The minimum atomic E-state index is -1.36. The molecule has 0 heterocycles. The number of carboxylic acid groups (broad SMARTS) is 1. The van der Waals surface area contributed by atoms with Crippen molar-refractivity contribution in [2.24, 2.45) is 5.92 Å². The Kier molecular flexibility index (Phi) is 4.80. The van der Waals surface area contributed by atoms with Gasteiger partial charge in [0, 0.05) is 11.5 Å². The number of ketones is 1. The van der Waals surface area contributed by atoms with Gasteiger partial charge in [0.2, 0.25) is 5.78 Å². The Morgan fingerprint density at radius 1 is 1.21 bits per heavy atom. The average molecular weight is 266 g/mol. The number of Topliss-reactive ketones (excluding diaryl/α,β-unsaturated/α-hetero) is 1. The van der Waals surface area contributed by atoms with Crippen LogP contribution in [0.25, 0.3) is 0 Å². The molecule has 5 heteroatoms. The van der Waals surface area contributed by atoms with E-state index in [1.165, 1.54) is 19.2 Å². The van der Waals surface area contributed by atoms with E-state index in [-0.39, 0.29) is 17.2 Å². The predicted octanol–water partition coefficient (Wildman–Crippen LogP) is 2.65. The normalized spacial score (nSPS) is 12.1. The van der Waals surface area contributed by atoms with Crippen LogP contribution in [0.5, 0.6) is 0 Å². The zero-order chi connectivity index (χ0) is 14.6. The summed E-state index contributed by atoms with van der Waals surface area (Å²) in [5.74, 6) is -2.70. The van der Waals surface area contributed by atoms with Crippen molar-refractivity contribution in [2.45, 2.75) is 13.8 Å². The molecular formula is C14H15FO4. The fraction of sp³-hybridized carbons (Fsp3) is 0.286. The lowest BCUT2D eigenvalue weighted by molar-refractivity contribution is -0.132. The molecule has 1 rings (SSSR count). The first-order chi connectivity index (χ1) is 8.88. The number of hydrogen-bond donors (Lipinski definition) is 1. The number of carboxylic acids is 1. The molecule has 0 radical (unpaired) electrons. The second kappa shape index (κ2) is 6.13. The van der Waals surface area contributed by atoms with Gasteiger partial charge in [-0.1, -0.05) is 13.8 Å². The highest BCUT2D eigenvalue weighted by Gasteiger charge is 2.26. The second-order valence-corrected chi connectivity index (χ2v) is 4.24. The zero-order valence-electron chi connectivity index (χ0n) is 10.9. The van der Waals surface area contributed by atoms with Crippen LogP contribution in [-0.2, 0) is 9.53 Å². The number of aliphatic carboxylic acids is 1. The monoisotopic (exact) mass is 266 g/mol. The third-order valence-corrected chi connectivity index (χ3v) is 2.54. The Bertz CT molecular complexity index is 515. The molecule has 0 saturated heterocycles. The maximum atomic E-state index is 12.8. The fourth-order valence-electron chi connectivity index (χ4n) is 1.69. The van der Waals surface area contributed by atoms with Crippen molar-refractivity contribution in [3.8, 4) is 0 Å². The molecule has 0 aliphatic heterocycles. The standard InChI is InChI=1S/C14H15FO4/c1-8(2)13(19-3)11(14(17)18)12(16)9-4-6-10(15)7-5-9/h4-8H,1-3H3,(H,17,18). The molecule has 0 saturated carbocycles. The molecule has 1 aromatic carbocycles. The van der Waals surface area contributed by atoms with Crippen molar-refractivity contribution in [2.75, 3.05) is 7.11 Å². The van der Waals surface area contributed by atoms with Crippen molar-refractivity contribution in [1.82, 2.24) is 0 Å². The number of hydrogen-bond acceptors (Lipinski definition) is 3. The number of allylic oxidation sites excluding steroid dienone is 1. The van der Waals surface area contributed by atoms with Gasteiger partial charge < -0.3 is 9.84 Å². The molecule has 0 amide bonds. The molecule has 0 atom stereocenters. The van der Waals surface area contributed by atoms with Crippen molar-refractivity contribution >= 4 is 11.8 Å². The Labute approximate surface area is 110 Å². The van der Waals surface area contributed by atoms with E-state index >= 15 is 0 Å². The van der Waals surface area contributed by atoms with E-state index < -0.39 is 23.1 Å². The summed E-state index contributed by atoms with van der Waals surface area (Å²) in [6, 6.07) is 4.70. The van der Waals surface area contributed by atoms with Crippen LogP contribution in [0, 0.1) is 11.7 Å². The van der Waals surface area contributed by atoms with Gasteiger partial charge in [-0.2, -0.15) is 0 Å². The summed E-state index contributed by atoms with van der Waals surface area (Å²) in [5.41, 5.74) is -0.321. The molecule has 0 aliphatic rings. The quantitative estimate of drug-likeness (QED) is 0.292. The van der Waals surface area contributed by atoms with E-state index in [0.29, 0.717) is 0 Å². The van der Waals surface area contributed by atoms with E-state index in [0.717, 1.165) is 12.1 Å². The van der Waals surface area contributed by atoms with Crippen LogP contribution in [0.3, 0.4) is 0 Å². The van der Waals surface area contributed by atoms with E-state index in [1.54, 1.807) is 13.8 Å². The summed E-state index contributed by atoms with van der Waals surface area (Å²) in [4.78, 5) is 23.4. The molecule has 19 heavy (non-hydrogen) atoms. The Hall–Kier alpha value is -2.17. The molecule has 0 spiro atoms. The minimum absolute atomic E-state index is 0.0989. The molecule has 102 valence electrons. The van der Waals surface area contributed by atoms with E-state index in [9.17, 15) is 19.1 Å². The number of benzene rings is 1. The summed E-state index contributed by atoms with van der Waals surface area (Å²) < 4.78 is 17.8. The lowest BCUT2D eigenvalue weighted by Gasteiger charge is -2.13. The van der Waals surface area contributed by atoms with E-state index in [2.05, 4.69) is 0 Å². The Balaban J connectivity index is 3.31. The lowest BCUT2D eigenvalue weighted by Crippen LogP contribution is -2.18. The summed E-state index contributed by atoms with van der Waals surface area (Å²) in [7, 11) is 1.32. The maximum absolute atomic E-state index is 12.8. The van der Waals surface area contributed by atoms with Crippen LogP contribution in [0.1, 0.15) is 24.2 Å². The highest BCUT2D eigenvalue weighted by atomic mass is 19.1. The molecule has 1 N–H and O–H groups in total. The van der Waals surface area contributed by atoms with Crippen LogP contribution >= 0.6 is 0 Å². The first-order valence-corrected chi connectivity index (χ1v) is 5.70. The van der Waals surface area contributed by atoms with Crippen LogP contribution in [-0.4, -0.2) is 24.0 Å². The lowest BCUT2D eigenvalue weighted by atomic mass is 9.98. The highest BCUT2D eigenvalue weighted by molar-refractivity contribution is 6.24. The van der Waals surface area contributed by atoms with Gasteiger partial charge in [0.15, 0.2) is 0 Å². The smallest absolute Gasteiger partial charge is 0.343 e. The van der Waals surface area contributed by atoms with Gasteiger partial charge in [-0.3, -0.25) is 4.79 Å². The van der Waals surface area contributed by atoms with Crippen LogP contribution < -0.4 is 0 Å². The fourth-order valence-corrected chi connectivity index (χ4v) is 1.69. The van der Waals surface area contributed by atoms with Crippen molar-refractivity contribution in [3.63, 3.8) is 0 Å². The number of carbonyl (C=O) groups excluding carboxylic acids is 1. The predicted molar refractivity (Wildman–Crippen MR) is 67.2 cm³/mol. The van der Waals surface area contributed by atoms with Gasteiger partial charge in [-0.05, 0) is 24.3 Å². The topological polar surface area (TPSA) is 63.6 Å². The van der Waals surface area contributed by atoms with Gasteiger partial charge in [0.1, 0.15) is 17.1 Å². The number of rotatable bonds is 5. The van der Waals surface area contributed by atoms with Crippen LogP contribution in [0.2, 0.25) is 0 Å². The molecule has 0 bridgehead atoms. The third-order valence-electron chi connectivity index (χ3n) is 2.54. The van der Waals surface area contributed by atoms with Gasteiger partial charge in [0.05, 0.1) is 7.11 Å². The molecule has 4 nitrogen and oxygen atoms in total. The molecule has 0 aromatic heterocycles. The Morgan fingerprint density at radius 2 is 1.74 bits per heavy atom. The third kappa shape index (κ3) is 3.40. The molecule has 1 aromatic rings. The van der Waals surface area contributed by atoms with Gasteiger partial charge in [0.25, 0.3) is 0 Å². The molecule has 0 unspecified atom stereocenters. The van der Waals surface area contributed by atoms with E-state index in [1.807, 2.05) is 0 Å². The van der Waals surface area contributed by atoms with Gasteiger partial charge in [-0.25, -0.2) is 9.18 Å². The largest absolute Gasteiger partial charge is 0.500 e. The van der Waals surface area contributed by atoms with Crippen molar-refractivity contribution < 1.29 is 23.8 Å². The average Bonchev–Trinajstić information content (AvgIpc) is 2.34. The number of carbonyl (C=O) groups is 2.